The Kier molecular flexibility index (Phi) is 5.90. The van der Waals surface area contributed by atoms with Crippen molar-refractivity contribution in [3.63, 3.8) is 0 Å². The van der Waals surface area contributed by atoms with Crippen LogP contribution in [0, 0.1) is 13.8 Å². The van der Waals surface area contributed by atoms with Crippen LogP contribution in [0.3, 0.4) is 0 Å². The van der Waals surface area contributed by atoms with Gasteiger partial charge in [-0.05, 0) is 38.1 Å². The van der Waals surface area contributed by atoms with Crippen LogP contribution in [0.15, 0.2) is 44.1 Å². The van der Waals surface area contributed by atoms with Gasteiger partial charge in [0.1, 0.15) is 0 Å². The Balaban J connectivity index is 1.39. The van der Waals surface area contributed by atoms with Crippen molar-refractivity contribution in [2.45, 2.75) is 25.3 Å². The fourth-order valence-electron chi connectivity index (χ4n) is 3.38. The molecule has 0 bridgehead atoms. The van der Waals surface area contributed by atoms with E-state index in [0.29, 0.717) is 49.4 Å². The van der Waals surface area contributed by atoms with Gasteiger partial charge >= 0.3 is 0 Å². The Morgan fingerprint density at radius 2 is 1.90 bits per heavy atom. The van der Waals surface area contributed by atoms with E-state index in [2.05, 4.69) is 31.0 Å². The van der Waals surface area contributed by atoms with Gasteiger partial charge in [-0.25, -0.2) is 8.42 Å². The van der Waals surface area contributed by atoms with Crippen LogP contribution < -0.4 is 0 Å². The molecule has 0 N–H and O–H groups in total. The highest BCUT2D eigenvalue weighted by molar-refractivity contribution is 9.10. The number of aromatic nitrogens is 2. The molecule has 3 aromatic rings. The maximum atomic E-state index is 12.9. The third kappa shape index (κ3) is 4.46. The van der Waals surface area contributed by atoms with Gasteiger partial charge in [-0.15, -0.1) is 21.5 Å². The average molecular weight is 497 g/mol. The van der Waals surface area contributed by atoms with Gasteiger partial charge in [-0.3, -0.25) is 4.90 Å². The fourth-order valence-corrected chi connectivity index (χ4v) is 6.72. The van der Waals surface area contributed by atoms with Crippen LogP contribution in [0.1, 0.15) is 15.6 Å². The van der Waals surface area contributed by atoms with Crippen molar-refractivity contribution in [2.75, 3.05) is 26.2 Å². The number of hydrogen-bond donors (Lipinski definition) is 0. The van der Waals surface area contributed by atoms with E-state index >= 15 is 0 Å². The van der Waals surface area contributed by atoms with E-state index in [1.807, 2.05) is 38.1 Å². The number of piperazine rings is 1. The molecule has 1 aromatic carbocycles. The van der Waals surface area contributed by atoms with Gasteiger partial charge in [-0.1, -0.05) is 22.0 Å². The summed E-state index contributed by atoms with van der Waals surface area (Å²) < 4.78 is 34.2. The molecule has 29 heavy (non-hydrogen) atoms. The van der Waals surface area contributed by atoms with Crippen LogP contribution in [0.25, 0.3) is 11.5 Å². The number of nitrogens with zero attached hydrogens (tertiary/aromatic N) is 4. The van der Waals surface area contributed by atoms with Gasteiger partial charge in [0.15, 0.2) is 0 Å². The molecule has 4 rings (SSSR count). The Hall–Kier alpha value is -1.59. The molecular formula is C19H21BrN4O3S2. The number of aryl methyl sites for hydroxylation is 2. The van der Waals surface area contributed by atoms with Crippen molar-refractivity contribution in [2.24, 2.45) is 0 Å². The summed E-state index contributed by atoms with van der Waals surface area (Å²) in [7, 11) is -3.44. The highest BCUT2D eigenvalue weighted by atomic mass is 79.9. The van der Waals surface area contributed by atoms with Gasteiger partial charge in [0.25, 0.3) is 0 Å². The molecule has 1 aliphatic rings. The standard InChI is InChI=1S/C19H21BrN4O3S2/c1-13-10-17(14(2)28-13)29(25,26)24-8-6-23(7-9-24)12-18-21-22-19(27-18)15-4-3-5-16(20)11-15/h3-5,10-11H,6-9,12H2,1-2H3. The van der Waals surface area contributed by atoms with Crippen molar-refractivity contribution in [1.82, 2.24) is 19.4 Å². The third-order valence-electron chi connectivity index (χ3n) is 4.84. The topological polar surface area (TPSA) is 79.5 Å². The van der Waals surface area contributed by atoms with Crippen molar-refractivity contribution < 1.29 is 12.8 Å². The number of benzene rings is 1. The van der Waals surface area contributed by atoms with E-state index in [4.69, 9.17) is 4.42 Å². The zero-order valence-corrected chi connectivity index (χ0v) is 19.3. The number of rotatable bonds is 5. The number of thiophene rings is 1. The van der Waals surface area contributed by atoms with Crippen molar-refractivity contribution in [1.29, 1.82) is 0 Å². The Labute approximate surface area is 182 Å². The monoisotopic (exact) mass is 496 g/mol. The predicted molar refractivity (Wildman–Crippen MR) is 115 cm³/mol. The van der Waals surface area contributed by atoms with Crippen LogP contribution in [0.2, 0.25) is 0 Å². The molecule has 1 saturated heterocycles. The normalized spacial score (nSPS) is 16.4. The summed E-state index contributed by atoms with van der Waals surface area (Å²) in [6, 6.07) is 9.46. The molecule has 154 valence electrons. The molecular weight excluding hydrogens is 476 g/mol. The van der Waals surface area contributed by atoms with Gasteiger partial charge in [0.05, 0.1) is 11.4 Å². The summed E-state index contributed by atoms with van der Waals surface area (Å²) in [5.74, 6) is 1.01. The van der Waals surface area contributed by atoms with Crippen molar-refractivity contribution >= 4 is 37.3 Å². The van der Waals surface area contributed by atoms with E-state index in [1.54, 1.807) is 10.4 Å². The fraction of sp³-hybridized carbons (Fsp3) is 0.368. The van der Waals surface area contributed by atoms with Gasteiger partial charge in [0.2, 0.25) is 21.8 Å². The predicted octanol–water partition coefficient (Wildman–Crippen LogP) is 3.68. The molecule has 0 radical (unpaired) electrons. The minimum atomic E-state index is -3.44. The molecule has 3 heterocycles. The van der Waals surface area contributed by atoms with Crippen LogP contribution in [-0.2, 0) is 16.6 Å². The molecule has 0 unspecified atom stereocenters. The largest absolute Gasteiger partial charge is 0.419 e. The lowest BCUT2D eigenvalue weighted by Gasteiger charge is -2.33. The highest BCUT2D eigenvalue weighted by Crippen LogP contribution is 2.28. The first kappa shape index (κ1) is 20.7. The minimum absolute atomic E-state index is 0.434. The van der Waals surface area contributed by atoms with E-state index in [1.165, 1.54) is 11.3 Å². The van der Waals surface area contributed by atoms with Crippen molar-refractivity contribution in [3.8, 4) is 11.5 Å². The summed E-state index contributed by atoms with van der Waals surface area (Å²) in [6.45, 7) is 6.44. The zero-order chi connectivity index (χ0) is 20.6. The number of hydrogen-bond acceptors (Lipinski definition) is 7. The number of halogens is 1. The second kappa shape index (κ2) is 8.27. The van der Waals surface area contributed by atoms with Crippen LogP contribution in [0.4, 0.5) is 0 Å². The molecule has 0 saturated carbocycles. The molecule has 2 aromatic heterocycles. The van der Waals surface area contributed by atoms with Crippen LogP contribution in [0.5, 0.6) is 0 Å². The van der Waals surface area contributed by atoms with Crippen LogP contribution >= 0.6 is 27.3 Å². The molecule has 0 aliphatic carbocycles. The van der Waals surface area contributed by atoms with E-state index < -0.39 is 10.0 Å². The summed E-state index contributed by atoms with van der Waals surface area (Å²) in [6.07, 6.45) is 0. The highest BCUT2D eigenvalue weighted by Gasteiger charge is 2.31. The smallest absolute Gasteiger partial charge is 0.247 e. The molecule has 0 atom stereocenters. The second-order valence-corrected chi connectivity index (χ2v) is 11.3. The molecule has 1 fully saturated rings. The van der Waals surface area contributed by atoms with Gasteiger partial charge < -0.3 is 4.42 Å². The lowest BCUT2D eigenvalue weighted by molar-refractivity contribution is 0.168. The Morgan fingerprint density at radius 1 is 1.14 bits per heavy atom. The van der Waals surface area contributed by atoms with Gasteiger partial charge in [-0.2, -0.15) is 4.31 Å². The summed E-state index contributed by atoms with van der Waals surface area (Å²) in [4.78, 5) is 4.42. The maximum absolute atomic E-state index is 12.9. The SMILES string of the molecule is Cc1cc(S(=O)(=O)N2CCN(Cc3nnc(-c4cccc(Br)c4)o3)CC2)c(C)s1. The molecule has 0 amide bonds. The van der Waals surface area contributed by atoms with E-state index in [0.717, 1.165) is 19.8 Å². The third-order valence-corrected chi connectivity index (χ3v) is 8.46. The molecule has 0 spiro atoms. The van der Waals surface area contributed by atoms with E-state index in [-0.39, 0.29) is 0 Å². The maximum Gasteiger partial charge on any atom is 0.247 e. The first-order chi connectivity index (χ1) is 13.8. The Morgan fingerprint density at radius 3 is 2.55 bits per heavy atom. The quantitative estimate of drug-likeness (QED) is 0.535. The first-order valence-corrected chi connectivity index (χ1v) is 12.3. The summed E-state index contributed by atoms with van der Waals surface area (Å²) in [5.41, 5.74) is 0.857. The molecule has 7 nitrogen and oxygen atoms in total. The molecule has 10 heteroatoms. The zero-order valence-electron chi connectivity index (χ0n) is 16.1. The number of sulfonamides is 1. The summed E-state index contributed by atoms with van der Waals surface area (Å²) in [5, 5.41) is 8.27. The lowest BCUT2D eigenvalue weighted by Crippen LogP contribution is -2.48. The lowest BCUT2D eigenvalue weighted by atomic mass is 10.2. The van der Waals surface area contributed by atoms with Crippen LogP contribution in [-0.4, -0.2) is 54.0 Å². The van der Waals surface area contributed by atoms with E-state index in [9.17, 15) is 8.42 Å². The minimum Gasteiger partial charge on any atom is -0.419 e. The summed E-state index contributed by atoms with van der Waals surface area (Å²) >= 11 is 4.96. The Bertz CT molecular complexity index is 1120. The first-order valence-electron chi connectivity index (χ1n) is 9.21. The van der Waals surface area contributed by atoms with Gasteiger partial charge in [0, 0.05) is 46.0 Å². The average Bonchev–Trinajstić information content (AvgIpc) is 3.28. The molecule has 1 aliphatic heterocycles. The van der Waals surface area contributed by atoms with Crippen molar-refractivity contribution in [3.05, 3.63) is 50.4 Å². The second-order valence-electron chi connectivity index (χ2n) is 6.97.